The largest absolute Gasteiger partial charge is 0.328 e. The maximum Gasteiger partial charge on any atom is 0.167 e. The molecule has 2 heterocycles. The Bertz CT molecular complexity index is 997. The van der Waals surface area contributed by atoms with Crippen LogP contribution >= 0.6 is 35.0 Å². The van der Waals surface area contributed by atoms with E-state index in [-0.39, 0.29) is 5.92 Å². The third-order valence-corrected chi connectivity index (χ3v) is 5.82. The third-order valence-electron chi connectivity index (χ3n) is 4.28. The van der Waals surface area contributed by atoms with Crippen LogP contribution in [-0.2, 0) is 6.54 Å². The van der Waals surface area contributed by atoms with Gasteiger partial charge in [0.15, 0.2) is 12.6 Å². The molecular weight excluding hydrogens is 415 g/mol. The van der Waals surface area contributed by atoms with Crippen LogP contribution in [0.4, 0.5) is 0 Å². The lowest BCUT2D eigenvalue weighted by molar-refractivity contribution is 0.109. The van der Waals surface area contributed by atoms with Crippen molar-refractivity contribution >= 4 is 47.5 Å². The quantitative estimate of drug-likeness (QED) is 0.420. The van der Waals surface area contributed by atoms with Gasteiger partial charge in [-0.2, -0.15) is 0 Å². The molecule has 3 rings (SSSR count). The van der Waals surface area contributed by atoms with Crippen molar-refractivity contribution in [1.29, 1.82) is 0 Å². The van der Waals surface area contributed by atoms with E-state index in [0.29, 0.717) is 27.8 Å². The molecule has 144 valence electrons. The van der Waals surface area contributed by atoms with Crippen molar-refractivity contribution in [1.82, 2.24) is 9.55 Å². The molecule has 3 aromatic rings. The van der Waals surface area contributed by atoms with Crippen molar-refractivity contribution in [2.45, 2.75) is 36.2 Å². The predicted molar refractivity (Wildman–Crippen MR) is 113 cm³/mol. The zero-order valence-corrected chi connectivity index (χ0v) is 17.7. The lowest BCUT2D eigenvalue weighted by Gasteiger charge is -2.14. The molecule has 2 aromatic heterocycles. The van der Waals surface area contributed by atoms with Gasteiger partial charge in [-0.25, -0.2) is 0 Å². The van der Waals surface area contributed by atoms with Crippen LogP contribution in [0.3, 0.4) is 0 Å². The van der Waals surface area contributed by atoms with E-state index in [4.69, 9.17) is 23.2 Å². The zero-order valence-electron chi connectivity index (χ0n) is 15.4. The Kier molecular flexibility index (Phi) is 6.60. The molecule has 0 N–H and O–H groups in total. The normalized spacial score (nSPS) is 11.0. The maximum absolute atomic E-state index is 11.9. The summed E-state index contributed by atoms with van der Waals surface area (Å²) in [6, 6.07) is 9.06. The van der Waals surface area contributed by atoms with E-state index in [1.54, 1.807) is 18.5 Å². The number of pyridine rings is 1. The van der Waals surface area contributed by atoms with Gasteiger partial charge in [-0.1, -0.05) is 48.8 Å². The van der Waals surface area contributed by atoms with Crippen LogP contribution in [0.2, 0.25) is 10.0 Å². The fourth-order valence-corrected chi connectivity index (χ4v) is 5.08. The number of hydrogen-bond donors (Lipinski definition) is 0. The molecule has 4 nitrogen and oxygen atoms in total. The first-order chi connectivity index (χ1) is 13.4. The molecular formula is C21H18Cl2N2O2S. The minimum atomic E-state index is 0.0507. The second kappa shape index (κ2) is 8.95. The monoisotopic (exact) mass is 432 g/mol. The van der Waals surface area contributed by atoms with Crippen LogP contribution in [0.25, 0.3) is 0 Å². The summed E-state index contributed by atoms with van der Waals surface area (Å²) in [5, 5.41) is 1.88. The van der Waals surface area contributed by atoms with Crippen LogP contribution in [0.15, 0.2) is 52.6 Å². The summed E-state index contributed by atoms with van der Waals surface area (Å²) in [5.74, 6) is 0.0507. The molecule has 7 heteroatoms. The smallest absolute Gasteiger partial charge is 0.167 e. The van der Waals surface area contributed by atoms with Crippen LogP contribution in [0.5, 0.6) is 0 Å². The van der Waals surface area contributed by atoms with E-state index in [0.717, 1.165) is 33.6 Å². The Hall–Kier alpha value is -2.08. The van der Waals surface area contributed by atoms with Gasteiger partial charge in [-0.05, 0) is 47.4 Å². The van der Waals surface area contributed by atoms with Crippen LogP contribution in [-0.4, -0.2) is 22.1 Å². The highest BCUT2D eigenvalue weighted by Gasteiger charge is 2.25. The Morgan fingerprint density at radius 1 is 1.07 bits per heavy atom. The molecule has 0 aliphatic carbocycles. The van der Waals surface area contributed by atoms with Crippen molar-refractivity contribution in [3.05, 3.63) is 75.2 Å². The van der Waals surface area contributed by atoms with E-state index in [9.17, 15) is 9.59 Å². The number of rotatable bonds is 7. The topological polar surface area (TPSA) is 52.0 Å². The molecule has 0 amide bonds. The molecule has 0 spiro atoms. The fraction of sp³-hybridized carbons (Fsp3) is 0.190. The minimum absolute atomic E-state index is 0.0507. The molecule has 0 unspecified atom stereocenters. The van der Waals surface area contributed by atoms with Gasteiger partial charge in [-0.3, -0.25) is 14.6 Å². The number of carbonyl (C=O) groups excluding carboxylic acids is 2. The Balaban J connectivity index is 2.20. The summed E-state index contributed by atoms with van der Waals surface area (Å²) >= 11 is 13.8. The van der Waals surface area contributed by atoms with Crippen LogP contribution in [0, 0.1) is 0 Å². The Morgan fingerprint density at radius 3 is 2.25 bits per heavy atom. The van der Waals surface area contributed by atoms with Gasteiger partial charge in [0.1, 0.15) is 0 Å². The minimum Gasteiger partial charge on any atom is -0.328 e. The van der Waals surface area contributed by atoms with Gasteiger partial charge in [-0.15, -0.1) is 0 Å². The summed E-state index contributed by atoms with van der Waals surface area (Å²) in [6.45, 7) is 4.45. The number of hydrogen-bond acceptors (Lipinski definition) is 4. The van der Waals surface area contributed by atoms with Gasteiger partial charge in [0.2, 0.25) is 0 Å². The van der Waals surface area contributed by atoms with E-state index in [2.05, 4.69) is 4.98 Å². The van der Waals surface area contributed by atoms with Crippen molar-refractivity contribution in [3.8, 4) is 0 Å². The van der Waals surface area contributed by atoms with Crippen molar-refractivity contribution < 1.29 is 9.59 Å². The number of carbonyl (C=O) groups is 2. The first kappa shape index (κ1) is 20.6. The lowest BCUT2D eigenvalue weighted by atomic mass is 10.0. The Morgan fingerprint density at radius 2 is 1.71 bits per heavy atom. The average molecular weight is 433 g/mol. The molecule has 0 radical (unpaired) electrons. The number of benzene rings is 1. The number of aldehydes is 2. The van der Waals surface area contributed by atoms with E-state index < -0.39 is 0 Å². The molecule has 0 saturated heterocycles. The molecule has 0 aliphatic rings. The summed E-state index contributed by atoms with van der Waals surface area (Å²) in [6.07, 6.45) is 4.91. The highest BCUT2D eigenvalue weighted by molar-refractivity contribution is 7.99. The number of aromatic nitrogens is 2. The molecule has 28 heavy (non-hydrogen) atoms. The second-order valence-corrected chi connectivity index (χ2v) is 8.49. The molecule has 0 atom stereocenters. The summed E-state index contributed by atoms with van der Waals surface area (Å²) in [5.41, 5.74) is 2.61. The summed E-state index contributed by atoms with van der Waals surface area (Å²) in [4.78, 5) is 28.6. The predicted octanol–water partition coefficient (Wildman–Crippen LogP) is 6.14. The summed E-state index contributed by atoms with van der Waals surface area (Å²) < 4.78 is 1.88. The van der Waals surface area contributed by atoms with Gasteiger partial charge in [0.25, 0.3) is 0 Å². The first-order valence-corrected chi connectivity index (χ1v) is 10.2. The number of halogens is 2. The standard InChI is InChI=1S/C21H18Cl2N2O2S/c1-13(2)20-18(11-26)19(12-27)25(10-14-3-5-24-6-4-14)21(20)28-17-8-15(22)7-16(23)9-17/h3-9,11-13H,10H2,1-2H3. The van der Waals surface area contributed by atoms with Gasteiger partial charge >= 0.3 is 0 Å². The van der Waals surface area contributed by atoms with Crippen molar-refractivity contribution in [3.63, 3.8) is 0 Å². The van der Waals surface area contributed by atoms with Crippen molar-refractivity contribution in [2.75, 3.05) is 0 Å². The highest BCUT2D eigenvalue weighted by atomic mass is 35.5. The lowest BCUT2D eigenvalue weighted by Crippen LogP contribution is -2.06. The molecule has 1 aromatic carbocycles. The van der Waals surface area contributed by atoms with Gasteiger partial charge in [0.05, 0.1) is 10.7 Å². The maximum atomic E-state index is 11.9. The third kappa shape index (κ3) is 4.32. The SMILES string of the molecule is CC(C)c1c(C=O)c(C=O)n(Cc2ccncc2)c1Sc1cc(Cl)cc(Cl)c1. The van der Waals surface area contributed by atoms with Crippen LogP contribution < -0.4 is 0 Å². The van der Waals surface area contributed by atoms with E-state index in [1.165, 1.54) is 11.8 Å². The molecule has 0 saturated carbocycles. The van der Waals surface area contributed by atoms with E-state index in [1.807, 2.05) is 42.7 Å². The average Bonchev–Trinajstić information content (AvgIpc) is 2.94. The fourth-order valence-electron chi connectivity index (χ4n) is 3.10. The van der Waals surface area contributed by atoms with Crippen molar-refractivity contribution in [2.24, 2.45) is 0 Å². The second-order valence-electron chi connectivity index (χ2n) is 6.56. The number of nitrogens with zero attached hydrogens (tertiary/aromatic N) is 2. The zero-order chi connectivity index (χ0) is 20.3. The van der Waals surface area contributed by atoms with Gasteiger partial charge < -0.3 is 4.57 Å². The molecule has 0 fully saturated rings. The molecule has 0 bridgehead atoms. The molecule has 0 aliphatic heterocycles. The van der Waals surface area contributed by atoms with Crippen LogP contribution in [0.1, 0.15) is 51.7 Å². The first-order valence-electron chi connectivity index (χ1n) is 8.64. The summed E-state index contributed by atoms with van der Waals surface area (Å²) in [7, 11) is 0. The Labute approximate surface area is 177 Å². The van der Waals surface area contributed by atoms with E-state index >= 15 is 0 Å². The van der Waals surface area contributed by atoms with Gasteiger partial charge in [0, 0.05) is 39.4 Å². The highest BCUT2D eigenvalue weighted by Crippen LogP contribution is 2.40.